The third-order valence-corrected chi connectivity index (χ3v) is 3.58. The van der Waals surface area contributed by atoms with Gasteiger partial charge in [-0.25, -0.2) is 9.63 Å². The van der Waals surface area contributed by atoms with Crippen molar-refractivity contribution in [2.75, 3.05) is 5.23 Å². The summed E-state index contributed by atoms with van der Waals surface area (Å²) >= 11 is 1.60. The molecule has 1 aromatic heterocycles. The quantitative estimate of drug-likeness (QED) is 0.874. The van der Waals surface area contributed by atoms with Crippen LogP contribution < -0.4 is 5.23 Å². The van der Waals surface area contributed by atoms with E-state index in [1.54, 1.807) is 23.5 Å². The number of nitrogens with zero attached hydrogens (tertiary/aromatic N) is 1. The maximum absolute atomic E-state index is 10.9. The zero-order valence-corrected chi connectivity index (χ0v) is 11.1. The molecule has 1 atom stereocenters. The Kier molecular flexibility index (Phi) is 3.66. The average molecular weight is 293 g/mol. The van der Waals surface area contributed by atoms with Crippen LogP contribution in [0.5, 0.6) is 0 Å². The van der Waals surface area contributed by atoms with Gasteiger partial charge in [0.1, 0.15) is 0 Å². The van der Waals surface area contributed by atoms with Crippen LogP contribution in [0.3, 0.4) is 0 Å². The summed E-state index contributed by atoms with van der Waals surface area (Å²) < 4.78 is 0. The van der Waals surface area contributed by atoms with Gasteiger partial charge in [0.25, 0.3) is 0 Å². The predicted molar refractivity (Wildman–Crippen MR) is 70.9 cm³/mol. The Morgan fingerprint density at radius 1 is 1.35 bits per heavy atom. The first-order chi connectivity index (χ1) is 9.72. The molecule has 1 fully saturated rings. The monoisotopic (exact) mass is 293 g/mol. The van der Waals surface area contributed by atoms with E-state index >= 15 is 0 Å². The molecule has 1 aliphatic rings. The molecule has 0 bridgehead atoms. The highest BCUT2D eigenvalue weighted by Crippen LogP contribution is 2.25. The highest BCUT2D eigenvalue weighted by Gasteiger charge is 2.28. The zero-order chi connectivity index (χ0) is 13.9. The first-order valence-electron chi connectivity index (χ1n) is 5.88. The van der Waals surface area contributed by atoms with Crippen LogP contribution in [0.2, 0.25) is 0 Å². The highest BCUT2D eigenvalue weighted by atomic mass is 32.1. The number of anilines is 1. The van der Waals surface area contributed by atoms with Gasteiger partial charge in [-0.1, -0.05) is 22.3 Å². The van der Waals surface area contributed by atoms with E-state index in [2.05, 4.69) is 0 Å². The van der Waals surface area contributed by atoms with Gasteiger partial charge in [-0.05, 0) is 29.6 Å². The fraction of sp³-hybridized carbons (Fsp3) is 0.154. The van der Waals surface area contributed by atoms with E-state index < -0.39 is 12.3 Å². The summed E-state index contributed by atoms with van der Waals surface area (Å²) in [6.45, 7) is 0. The Labute approximate surface area is 118 Å². The Morgan fingerprint density at radius 3 is 3.00 bits per heavy atom. The van der Waals surface area contributed by atoms with Gasteiger partial charge in [-0.2, -0.15) is 4.89 Å². The van der Waals surface area contributed by atoms with Gasteiger partial charge in [0.15, 0.2) is 0 Å². The van der Waals surface area contributed by atoms with Crippen LogP contribution in [0.4, 0.5) is 5.69 Å². The number of aromatic carboxylic acids is 1. The molecule has 1 unspecified atom stereocenters. The second kappa shape index (κ2) is 5.59. The molecule has 1 saturated heterocycles. The molecule has 2 heterocycles. The smallest absolute Gasteiger partial charge is 0.335 e. The number of hydrogen-bond acceptors (Lipinski definition) is 6. The van der Waals surface area contributed by atoms with Crippen molar-refractivity contribution in [3.05, 3.63) is 52.2 Å². The van der Waals surface area contributed by atoms with Gasteiger partial charge in [0.2, 0.25) is 6.29 Å². The van der Waals surface area contributed by atoms with E-state index in [1.165, 1.54) is 12.1 Å². The summed E-state index contributed by atoms with van der Waals surface area (Å²) in [5.41, 5.74) is 0.606. The third-order valence-electron chi connectivity index (χ3n) is 2.68. The molecule has 0 spiro atoms. The molecule has 0 saturated carbocycles. The maximum atomic E-state index is 10.9. The molecule has 0 radical (unpaired) electrons. The highest BCUT2D eigenvalue weighted by molar-refractivity contribution is 7.09. The number of hydrogen-bond donors (Lipinski definition) is 1. The number of rotatable bonds is 4. The van der Waals surface area contributed by atoms with Crippen molar-refractivity contribution >= 4 is 23.0 Å². The van der Waals surface area contributed by atoms with Crippen molar-refractivity contribution < 1.29 is 24.6 Å². The van der Waals surface area contributed by atoms with Crippen molar-refractivity contribution in [1.29, 1.82) is 0 Å². The van der Waals surface area contributed by atoms with E-state index in [-0.39, 0.29) is 5.56 Å². The molecule has 1 aliphatic heterocycles. The summed E-state index contributed by atoms with van der Waals surface area (Å²) in [6, 6.07) is 10.1. The van der Waals surface area contributed by atoms with Crippen LogP contribution in [0.15, 0.2) is 41.8 Å². The second-order valence-electron chi connectivity index (χ2n) is 4.10. The number of carboxylic acids is 1. The topological polar surface area (TPSA) is 68.2 Å². The van der Waals surface area contributed by atoms with Crippen LogP contribution in [-0.2, 0) is 21.1 Å². The fourth-order valence-corrected chi connectivity index (χ4v) is 2.47. The molecular weight excluding hydrogens is 282 g/mol. The largest absolute Gasteiger partial charge is 0.478 e. The molecule has 7 heteroatoms. The first kappa shape index (κ1) is 13.1. The van der Waals surface area contributed by atoms with Crippen LogP contribution in [-0.4, -0.2) is 17.4 Å². The van der Waals surface area contributed by atoms with Crippen molar-refractivity contribution in [2.24, 2.45) is 0 Å². The van der Waals surface area contributed by atoms with Crippen molar-refractivity contribution in [2.45, 2.75) is 12.7 Å². The van der Waals surface area contributed by atoms with Crippen LogP contribution in [0.1, 0.15) is 15.2 Å². The Morgan fingerprint density at radius 2 is 2.25 bits per heavy atom. The summed E-state index contributed by atoms with van der Waals surface area (Å²) in [5, 5.41) is 12.0. The Balaban J connectivity index is 1.67. The fourth-order valence-electron chi connectivity index (χ4n) is 1.75. The first-order valence-corrected chi connectivity index (χ1v) is 6.76. The Hall–Kier alpha value is -1.93. The van der Waals surface area contributed by atoms with Gasteiger partial charge < -0.3 is 5.11 Å². The van der Waals surface area contributed by atoms with Crippen LogP contribution in [0.25, 0.3) is 0 Å². The zero-order valence-electron chi connectivity index (χ0n) is 10.3. The molecule has 3 rings (SSSR count). The summed E-state index contributed by atoms with van der Waals surface area (Å²) in [6.07, 6.45) is 0.00871. The lowest BCUT2D eigenvalue weighted by molar-refractivity contribution is -0.283. The molecule has 104 valence electrons. The minimum Gasteiger partial charge on any atom is -0.478 e. The molecule has 20 heavy (non-hydrogen) atoms. The molecule has 6 nitrogen and oxygen atoms in total. The minimum absolute atomic E-state index is 0.149. The minimum atomic E-state index is -1.01. The summed E-state index contributed by atoms with van der Waals surface area (Å²) in [5.74, 6) is -1.01. The van der Waals surface area contributed by atoms with Gasteiger partial charge in [-0.15, -0.1) is 11.3 Å². The number of carboxylic acid groups (broad SMARTS) is 1. The second-order valence-corrected chi connectivity index (χ2v) is 5.13. The van der Waals surface area contributed by atoms with E-state index in [1.807, 2.05) is 17.5 Å². The van der Waals surface area contributed by atoms with E-state index in [0.717, 1.165) is 10.1 Å². The predicted octanol–water partition coefficient (Wildman–Crippen LogP) is 2.63. The van der Waals surface area contributed by atoms with E-state index in [9.17, 15) is 4.79 Å². The van der Waals surface area contributed by atoms with Crippen molar-refractivity contribution in [1.82, 2.24) is 0 Å². The van der Waals surface area contributed by atoms with Gasteiger partial charge in [0, 0.05) is 11.3 Å². The SMILES string of the molecule is O=C(O)c1cccc(N2OOC(Cc3cccs3)O2)c1. The van der Waals surface area contributed by atoms with E-state index in [4.69, 9.17) is 19.8 Å². The average Bonchev–Trinajstić information content (AvgIpc) is 3.11. The summed E-state index contributed by atoms with van der Waals surface area (Å²) in [4.78, 5) is 27.5. The van der Waals surface area contributed by atoms with E-state index in [0.29, 0.717) is 12.1 Å². The van der Waals surface area contributed by atoms with Gasteiger partial charge in [0.05, 0.1) is 11.3 Å². The molecule has 1 aromatic carbocycles. The van der Waals surface area contributed by atoms with Gasteiger partial charge in [-0.3, -0.25) is 0 Å². The Bertz CT molecular complexity index is 601. The third kappa shape index (κ3) is 2.81. The molecule has 0 aliphatic carbocycles. The standard InChI is InChI=1S/C13H11NO5S/c15-13(16)9-3-1-4-10(7-9)14-17-12(18-19-14)8-11-5-2-6-20-11/h1-7,12H,8H2,(H,15,16). The maximum Gasteiger partial charge on any atom is 0.335 e. The van der Waals surface area contributed by atoms with Crippen LogP contribution >= 0.6 is 11.3 Å². The molecular formula is C13H11NO5S. The van der Waals surface area contributed by atoms with Crippen LogP contribution in [0, 0.1) is 0 Å². The van der Waals surface area contributed by atoms with Gasteiger partial charge >= 0.3 is 5.97 Å². The molecule has 2 aromatic rings. The lowest BCUT2D eigenvalue weighted by Gasteiger charge is -2.11. The molecule has 1 N–H and O–H groups in total. The van der Waals surface area contributed by atoms with Crippen molar-refractivity contribution in [3.8, 4) is 0 Å². The van der Waals surface area contributed by atoms with Crippen molar-refractivity contribution in [3.63, 3.8) is 0 Å². The lowest BCUT2D eigenvalue weighted by Crippen LogP contribution is -2.18. The number of thiophene rings is 1. The molecule has 0 amide bonds. The normalized spacial score (nSPS) is 18.4. The lowest BCUT2D eigenvalue weighted by atomic mass is 10.2. The number of carbonyl (C=O) groups is 1. The number of benzene rings is 1. The summed E-state index contributed by atoms with van der Waals surface area (Å²) in [7, 11) is 0.